The van der Waals surface area contributed by atoms with E-state index in [1.165, 1.54) is 11.3 Å². The van der Waals surface area contributed by atoms with Crippen LogP contribution in [0.25, 0.3) is 0 Å². The highest BCUT2D eigenvalue weighted by Crippen LogP contribution is 2.23. The van der Waals surface area contributed by atoms with Crippen molar-refractivity contribution >= 4 is 11.6 Å². The largest absolute Gasteiger partial charge is 0.371 e. The SMILES string of the molecule is Cc1ccc(N2CCC(N3CCCNC(=O)C3)CC2)cc1. The van der Waals surface area contributed by atoms with Gasteiger partial charge in [0, 0.05) is 37.9 Å². The molecule has 0 bridgehead atoms. The van der Waals surface area contributed by atoms with E-state index in [4.69, 9.17) is 0 Å². The average Bonchev–Trinajstić information content (AvgIpc) is 2.73. The number of hydrogen-bond acceptors (Lipinski definition) is 3. The third-order valence-electron chi connectivity index (χ3n) is 4.67. The summed E-state index contributed by atoms with van der Waals surface area (Å²) in [5.74, 6) is 0.188. The molecule has 2 saturated heterocycles. The van der Waals surface area contributed by atoms with Gasteiger partial charge in [-0.3, -0.25) is 9.69 Å². The van der Waals surface area contributed by atoms with Crippen molar-refractivity contribution < 1.29 is 4.79 Å². The van der Waals surface area contributed by atoms with E-state index < -0.39 is 0 Å². The molecule has 4 nitrogen and oxygen atoms in total. The molecule has 1 aromatic carbocycles. The first kappa shape index (κ1) is 14.4. The second-order valence-electron chi connectivity index (χ2n) is 6.23. The molecule has 0 spiro atoms. The van der Waals surface area contributed by atoms with Gasteiger partial charge in [-0.2, -0.15) is 0 Å². The van der Waals surface area contributed by atoms with Crippen molar-refractivity contribution in [2.75, 3.05) is 37.6 Å². The molecule has 114 valence electrons. The number of piperidine rings is 1. The number of nitrogens with one attached hydrogen (secondary N) is 1. The van der Waals surface area contributed by atoms with E-state index in [0.717, 1.165) is 45.4 Å². The summed E-state index contributed by atoms with van der Waals surface area (Å²) in [6, 6.07) is 9.36. The molecule has 2 fully saturated rings. The maximum absolute atomic E-state index is 11.7. The molecule has 0 atom stereocenters. The van der Waals surface area contributed by atoms with Gasteiger partial charge in [0.15, 0.2) is 0 Å². The Hall–Kier alpha value is -1.55. The molecule has 3 rings (SSSR count). The van der Waals surface area contributed by atoms with E-state index in [1.54, 1.807) is 0 Å². The summed E-state index contributed by atoms with van der Waals surface area (Å²) in [6.07, 6.45) is 3.38. The van der Waals surface area contributed by atoms with E-state index in [1.807, 2.05) is 0 Å². The first-order valence-electron chi connectivity index (χ1n) is 8.05. The molecule has 21 heavy (non-hydrogen) atoms. The summed E-state index contributed by atoms with van der Waals surface area (Å²) in [6.45, 7) is 6.76. The van der Waals surface area contributed by atoms with Crippen molar-refractivity contribution in [2.24, 2.45) is 0 Å². The van der Waals surface area contributed by atoms with Crippen LogP contribution < -0.4 is 10.2 Å². The molecule has 0 aromatic heterocycles. The van der Waals surface area contributed by atoms with E-state index in [2.05, 4.69) is 46.3 Å². The third kappa shape index (κ3) is 3.56. The second-order valence-corrected chi connectivity index (χ2v) is 6.23. The predicted molar refractivity (Wildman–Crippen MR) is 85.6 cm³/mol. The molecule has 0 saturated carbocycles. The van der Waals surface area contributed by atoms with Gasteiger partial charge < -0.3 is 10.2 Å². The molecule has 1 aromatic rings. The molecule has 2 aliphatic heterocycles. The standard InChI is InChI=1S/C17H25N3O/c1-14-3-5-15(6-4-14)19-11-7-16(8-12-19)20-10-2-9-18-17(21)13-20/h3-6,16H,2,7-13H2,1H3,(H,18,21). The number of aryl methyl sites for hydroxylation is 1. The Morgan fingerprint density at radius 1 is 1.10 bits per heavy atom. The zero-order valence-corrected chi connectivity index (χ0v) is 12.8. The Morgan fingerprint density at radius 3 is 2.52 bits per heavy atom. The van der Waals surface area contributed by atoms with Crippen LogP contribution in [0, 0.1) is 6.92 Å². The van der Waals surface area contributed by atoms with Gasteiger partial charge in [-0.25, -0.2) is 0 Å². The normalized spacial score (nSPS) is 22.0. The lowest BCUT2D eigenvalue weighted by Gasteiger charge is -2.38. The van der Waals surface area contributed by atoms with Gasteiger partial charge in [0.05, 0.1) is 6.54 Å². The van der Waals surface area contributed by atoms with Crippen LogP contribution in [0.2, 0.25) is 0 Å². The van der Waals surface area contributed by atoms with Gasteiger partial charge in [-0.05, 0) is 38.3 Å². The van der Waals surface area contributed by atoms with Crippen LogP contribution in [0.5, 0.6) is 0 Å². The maximum Gasteiger partial charge on any atom is 0.234 e. The number of amides is 1. The molecule has 1 N–H and O–H groups in total. The minimum atomic E-state index is 0.188. The lowest BCUT2D eigenvalue weighted by atomic mass is 10.0. The molecule has 2 aliphatic rings. The molecule has 0 radical (unpaired) electrons. The maximum atomic E-state index is 11.7. The zero-order valence-electron chi connectivity index (χ0n) is 12.8. The van der Waals surface area contributed by atoms with Gasteiger partial charge in [0.25, 0.3) is 0 Å². The van der Waals surface area contributed by atoms with Crippen molar-refractivity contribution in [3.05, 3.63) is 29.8 Å². The predicted octanol–water partition coefficient (Wildman–Crippen LogP) is 1.79. The molecular weight excluding hydrogens is 262 g/mol. The van der Waals surface area contributed by atoms with Gasteiger partial charge in [0.1, 0.15) is 0 Å². The molecule has 0 unspecified atom stereocenters. The van der Waals surface area contributed by atoms with Gasteiger partial charge >= 0.3 is 0 Å². The van der Waals surface area contributed by atoms with Crippen molar-refractivity contribution in [2.45, 2.75) is 32.2 Å². The minimum Gasteiger partial charge on any atom is -0.371 e. The first-order valence-corrected chi connectivity index (χ1v) is 8.05. The minimum absolute atomic E-state index is 0.188. The Balaban J connectivity index is 1.57. The van der Waals surface area contributed by atoms with Crippen LogP contribution in [0.1, 0.15) is 24.8 Å². The van der Waals surface area contributed by atoms with Crippen LogP contribution in [0.3, 0.4) is 0 Å². The summed E-state index contributed by atoms with van der Waals surface area (Å²) in [5, 5.41) is 2.96. The number of carbonyl (C=O) groups excluding carboxylic acids is 1. The lowest BCUT2D eigenvalue weighted by Crippen LogP contribution is -2.47. The molecular formula is C17H25N3O. The lowest BCUT2D eigenvalue weighted by molar-refractivity contribution is -0.122. The Morgan fingerprint density at radius 2 is 1.81 bits per heavy atom. The fourth-order valence-electron chi connectivity index (χ4n) is 3.39. The van der Waals surface area contributed by atoms with Crippen LogP contribution in [0.4, 0.5) is 5.69 Å². The van der Waals surface area contributed by atoms with E-state index in [0.29, 0.717) is 12.6 Å². The molecule has 1 amide bonds. The van der Waals surface area contributed by atoms with Gasteiger partial charge in [0.2, 0.25) is 5.91 Å². The summed E-state index contributed by atoms with van der Waals surface area (Å²) in [5.41, 5.74) is 2.64. The number of benzene rings is 1. The van der Waals surface area contributed by atoms with Gasteiger partial charge in [-0.15, -0.1) is 0 Å². The van der Waals surface area contributed by atoms with Gasteiger partial charge in [-0.1, -0.05) is 17.7 Å². The third-order valence-corrected chi connectivity index (χ3v) is 4.67. The smallest absolute Gasteiger partial charge is 0.234 e. The quantitative estimate of drug-likeness (QED) is 0.901. The number of nitrogens with zero attached hydrogens (tertiary/aromatic N) is 2. The number of carbonyl (C=O) groups is 1. The van der Waals surface area contributed by atoms with Crippen LogP contribution >= 0.6 is 0 Å². The summed E-state index contributed by atoms with van der Waals surface area (Å²) in [7, 11) is 0. The molecule has 0 aliphatic carbocycles. The van der Waals surface area contributed by atoms with Crippen molar-refractivity contribution in [3.8, 4) is 0 Å². The second kappa shape index (κ2) is 6.48. The molecule has 2 heterocycles. The average molecular weight is 287 g/mol. The Kier molecular flexibility index (Phi) is 4.44. The van der Waals surface area contributed by atoms with E-state index in [-0.39, 0.29) is 5.91 Å². The zero-order chi connectivity index (χ0) is 14.7. The first-order chi connectivity index (χ1) is 10.2. The van der Waals surface area contributed by atoms with Crippen LogP contribution in [-0.4, -0.2) is 49.6 Å². The fourth-order valence-corrected chi connectivity index (χ4v) is 3.39. The summed E-state index contributed by atoms with van der Waals surface area (Å²) < 4.78 is 0. The van der Waals surface area contributed by atoms with Crippen molar-refractivity contribution in [1.29, 1.82) is 0 Å². The van der Waals surface area contributed by atoms with Crippen molar-refractivity contribution in [3.63, 3.8) is 0 Å². The number of hydrogen-bond donors (Lipinski definition) is 1. The number of rotatable bonds is 2. The highest BCUT2D eigenvalue weighted by molar-refractivity contribution is 5.78. The highest BCUT2D eigenvalue weighted by Gasteiger charge is 2.26. The Labute approximate surface area is 127 Å². The van der Waals surface area contributed by atoms with Crippen molar-refractivity contribution in [1.82, 2.24) is 10.2 Å². The Bertz CT molecular complexity index is 477. The summed E-state index contributed by atoms with van der Waals surface area (Å²) >= 11 is 0. The topological polar surface area (TPSA) is 35.6 Å². The van der Waals surface area contributed by atoms with Crippen LogP contribution in [-0.2, 0) is 4.79 Å². The van der Waals surface area contributed by atoms with E-state index in [9.17, 15) is 4.79 Å². The highest BCUT2D eigenvalue weighted by atomic mass is 16.2. The monoisotopic (exact) mass is 287 g/mol. The molecule has 4 heteroatoms. The van der Waals surface area contributed by atoms with Crippen LogP contribution in [0.15, 0.2) is 24.3 Å². The summed E-state index contributed by atoms with van der Waals surface area (Å²) in [4.78, 5) is 16.5. The van der Waals surface area contributed by atoms with E-state index >= 15 is 0 Å². The fraction of sp³-hybridized carbons (Fsp3) is 0.588. The number of anilines is 1.